The molecule has 5 aromatic rings. The molecule has 5 fully saturated rings. The Bertz CT molecular complexity index is 2970. The molecule has 6 heteroatoms. The van der Waals surface area contributed by atoms with Crippen LogP contribution in [-0.4, -0.2) is 29.8 Å². The van der Waals surface area contributed by atoms with Gasteiger partial charge >= 0.3 is 0 Å². The third kappa shape index (κ3) is 21.9. The maximum Gasteiger partial charge on any atom is 0.229 e. The lowest BCUT2D eigenvalue weighted by molar-refractivity contribution is -0.134. The Morgan fingerprint density at radius 1 is 0.560 bits per heavy atom. The molecule has 0 aliphatic heterocycles. The molecular formula is C78H103N3O3. The first-order valence-corrected chi connectivity index (χ1v) is 31.1. The summed E-state index contributed by atoms with van der Waals surface area (Å²) in [7, 11) is 0. The third-order valence-corrected chi connectivity index (χ3v) is 16.6. The molecule has 0 spiro atoms. The second-order valence-corrected chi connectivity index (χ2v) is 29.0. The lowest BCUT2D eigenvalue weighted by atomic mass is 9.53. The highest BCUT2D eigenvalue weighted by Gasteiger charge is 2.52. The number of benzene rings is 5. The monoisotopic (exact) mass is 1130 g/mol. The molecular weight excluding hydrogens is 1030 g/mol. The summed E-state index contributed by atoms with van der Waals surface area (Å²) in [6.45, 7) is 38.3. The fourth-order valence-corrected chi connectivity index (χ4v) is 11.8. The van der Waals surface area contributed by atoms with E-state index in [0.717, 1.165) is 86.9 Å². The first-order chi connectivity index (χ1) is 39.4. The molecule has 5 aliphatic rings. The molecule has 0 unspecified atom stereocenters. The average Bonchev–Trinajstić information content (AvgIpc) is 2.55. The zero-order valence-electron chi connectivity index (χ0n) is 54.0. The van der Waals surface area contributed by atoms with Gasteiger partial charge in [0.05, 0.1) is 0 Å². The highest BCUT2D eigenvalue weighted by Crippen LogP contribution is 2.55. The fraction of sp³-hybridized carbons (Fsp3) is 0.474. The van der Waals surface area contributed by atoms with E-state index in [2.05, 4.69) is 131 Å². The number of carbonyl (C=O) groups is 3. The first kappa shape index (κ1) is 67.9. The van der Waals surface area contributed by atoms with Crippen molar-refractivity contribution in [3.63, 3.8) is 0 Å². The Labute approximate surface area is 509 Å². The Hall–Kier alpha value is -6.89. The highest BCUT2D eigenvalue weighted by molar-refractivity contribution is 5.94. The standard InChI is InChI=1S/C21H22.C20H20.C15H25NO.C11H15NO.C11H21NO/c1-6-17-7-11-19(12-8-17)16(2)20-13-9-18(10-14-20)15-21(3,4)5;1-6-16-7-9-17(10-8-16)15(2)18-11-13-19(14-12-18)20(3,4)5;1-14(2,3)13(17)16-15-7-10-4-11(8-15)6-12(5-10)9-15;1-11(2,3)10(13)12-9-7-5-4-6-8-9;1-9(2)11(13)12-8-10-6-4-3-5-7-10/h1,7-14H,2,15H2,3-5H3;1,7-14H,2H2,3-5H3;10-12H,4-9H2,1-3H3,(H,16,17);4-8H,1-3H3,(H,12,13);9-10H,3-8H2,1-2H3,(H,12,13). The number of para-hydroxylation sites is 1. The zero-order chi connectivity index (χ0) is 62.0. The number of carbonyl (C=O) groups excluding carboxylic acids is 3. The van der Waals surface area contributed by atoms with E-state index in [-0.39, 0.29) is 45.4 Å². The van der Waals surface area contributed by atoms with Gasteiger partial charge in [0.15, 0.2) is 0 Å². The van der Waals surface area contributed by atoms with Crippen LogP contribution in [0.1, 0.15) is 212 Å². The fourth-order valence-electron chi connectivity index (χ4n) is 11.8. The largest absolute Gasteiger partial charge is 0.356 e. The summed E-state index contributed by atoms with van der Waals surface area (Å²) in [4.78, 5) is 35.0. The molecule has 10 rings (SSSR count). The van der Waals surface area contributed by atoms with Crippen LogP contribution in [0.3, 0.4) is 0 Å². The molecule has 5 aromatic carbocycles. The van der Waals surface area contributed by atoms with Gasteiger partial charge in [-0.1, -0.05) is 232 Å². The summed E-state index contributed by atoms with van der Waals surface area (Å²) in [6, 6.07) is 42.7. The van der Waals surface area contributed by atoms with Crippen molar-refractivity contribution in [2.75, 3.05) is 11.9 Å². The van der Waals surface area contributed by atoms with Gasteiger partial charge in [0.25, 0.3) is 0 Å². The number of hydrogen-bond acceptors (Lipinski definition) is 3. The SMILES string of the molecule is C#Cc1ccc(C(=C)c2ccc(C(C)(C)C)cc2)cc1.C#Cc1ccc(C(=C)c2ccc(CC(C)(C)C)cc2)cc1.CC(C)(C)C(=O)NC12CC3CC(CC(C3)C1)C2.CC(C)(C)C(=O)Nc1ccccc1.CC(C)C(=O)NCC1CCCCC1. The molecule has 0 aromatic heterocycles. The number of nitrogens with one attached hydrogen (secondary N) is 3. The molecule has 0 radical (unpaired) electrons. The predicted molar refractivity (Wildman–Crippen MR) is 357 cm³/mol. The maximum absolute atomic E-state index is 12.2. The van der Waals surface area contributed by atoms with Crippen molar-refractivity contribution < 1.29 is 14.4 Å². The van der Waals surface area contributed by atoms with Gasteiger partial charge in [0.2, 0.25) is 17.7 Å². The number of anilines is 1. The topological polar surface area (TPSA) is 87.3 Å². The van der Waals surface area contributed by atoms with E-state index in [1.807, 2.05) is 134 Å². The molecule has 5 aliphatic carbocycles. The van der Waals surface area contributed by atoms with E-state index >= 15 is 0 Å². The van der Waals surface area contributed by atoms with Crippen LogP contribution in [0.4, 0.5) is 5.69 Å². The van der Waals surface area contributed by atoms with Gasteiger partial charge in [-0.3, -0.25) is 14.4 Å². The highest BCUT2D eigenvalue weighted by atomic mass is 16.2. The number of amides is 3. The Morgan fingerprint density at radius 2 is 0.964 bits per heavy atom. The summed E-state index contributed by atoms with van der Waals surface area (Å²) in [5.41, 5.74) is 12.0. The van der Waals surface area contributed by atoms with Crippen molar-refractivity contribution in [1.29, 1.82) is 0 Å². The van der Waals surface area contributed by atoms with Crippen molar-refractivity contribution in [3.8, 4) is 24.7 Å². The van der Waals surface area contributed by atoms with Crippen LogP contribution in [-0.2, 0) is 26.2 Å². The van der Waals surface area contributed by atoms with Gasteiger partial charge < -0.3 is 16.0 Å². The predicted octanol–water partition coefficient (Wildman–Crippen LogP) is 18.5. The van der Waals surface area contributed by atoms with Crippen molar-refractivity contribution in [1.82, 2.24) is 10.6 Å². The average molecular weight is 1130 g/mol. The minimum Gasteiger partial charge on any atom is -0.356 e. The zero-order valence-corrected chi connectivity index (χ0v) is 54.0. The molecule has 0 atom stereocenters. The van der Waals surface area contributed by atoms with E-state index in [0.29, 0.717) is 5.41 Å². The van der Waals surface area contributed by atoms with Crippen LogP contribution in [0, 0.1) is 70.5 Å². The van der Waals surface area contributed by atoms with Gasteiger partial charge in [-0.05, 0) is 173 Å². The van der Waals surface area contributed by atoms with E-state index in [1.54, 1.807) is 0 Å². The molecule has 4 bridgehead atoms. The summed E-state index contributed by atoms with van der Waals surface area (Å²) >= 11 is 0. The van der Waals surface area contributed by atoms with Crippen molar-refractivity contribution in [3.05, 3.63) is 185 Å². The summed E-state index contributed by atoms with van der Waals surface area (Å²) < 4.78 is 0. The molecule has 5 saturated carbocycles. The van der Waals surface area contributed by atoms with Crippen molar-refractivity contribution >= 4 is 34.6 Å². The second-order valence-electron chi connectivity index (χ2n) is 29.0. The van der Waals surface area contributed by atoms with Crippen LogP contribution < -0.4 is 16.0 Å². The van der Waals surface area contributed by atoms with Crippen molar-refractivity contribution in [2.45, 2.75) is 185 Å². The minimum atomic E-state index is -0.337. The Balaban J connectivity index is 0.000000195. The molecule has 84 heavy (non-hydrogen) atoms. The quantitative estimate of drug-likeness (QED) is 0.122. The smallest absolute Gasteiger partial charge is 0.229 e. The molecule has 6 nitrogen and oxygen atoms in total. The third-order valence-electron chi connectivity index (χ3n) is 16.6. The molecule has 448 valence electrons. The Morgan fingerprint density at radius 3 is 1.33 bits per heavy atom. The number of terminal acetylenes is 2. The summed E-state index contributed by atoms with van der Waals surface area (Å²) in [5, 5.41) is 9.28. The van der Waals surface area contributed by atoms with Crippen LogP contribution >= 0.6 is 0 Å². The summed E-state index contributed by atoms with van der Waals surface area (Å²) in [5.74, 6) is 9.34. The van der Waals surface area contributed by atoms with Gasteiger partial charge in [0.1, 0.15) is 0 Å². The minimum absolute atomic E-state index is 0.0405. The normalized spacial score (nSPS) is 18.8. The van der Waals surface area contributed by atoms with Gasteiger partial charge in [-0.15, -0.1) is 12.8 Å². The van der Waals surface area contributed by atoms with Crippen LogP contribution in [0.15, 0.2) is 141 Å². The van der Waals surface area contributed by atoms with Crippen LogP contribution in [0.25, 0.3) is 11.1 Å². The first-order valence-electron chi connectivity index (χ1n) is 31.1. The molecule has 0 heterocycles. The van der Waals surface area contributed by atoms with Gasteiger partial charge in [-0.25, -0.2) is 0 Å². The van der Waals surface area contributed by atoms with E-state index in [9.17, 15) is 14.4 Å². The lowest BCUT2D eigenvalue weighted by Gasteiger charge is -2.57. The second kappa shape index (κ2) is 30.3. The lowest BCUT2D eigenvalue weighted by Crippen LogP contribution is -2.61. The van der Waals surface area contributed by atoms with Crippen LogP contribution in [0.2, 0.25) is 0 Å². The molecule has 3 N–H and O–H groups in total. The number of hydrogen-bond donors (Lipinski definition) is 3. The van der Waals surface area contributed by atoms with E-state index in [1.165, 1.54) is 81.8 Å². The van der Waals surface area contributed by atoms with E-state index < -0.39 is 0 Å². The maximum atomic E-state index is 12.2. The Kier molecular flexibility index (Phi) is 24.5. The van der Waals surface area contributed by atoms with Gasteiger partial charge in [-0.2, -0.15) is 0 Å². The summed E-state index contributed by atoms with van der Waals surface area (Å²) in [6.07, 6.45) is 26.6. The number of rotatable bonds is 10. The van der Waals surface area contributed by atoms with E-state index in [4.69, 9.17) is 12.8 Å². The van der Waals surface area contributed by atoms with Crippen molar-refractivity contribution in [2.24, 2.45) is 45.8 Å². The molecule has 3 amide bonds. The van der Waals surface area contributed by atoms with Gasteiger partial charge in [0, 0.05) is 45.6 Å². The van der Waals surface area contributed by atoms with Crippen LogP contribution in [0.5, 0.6) is 0 Å². The molecule has 0 saturated heterocycles.